The van der Waals surface area contributed by atoms with E-state index in [0.717, 1.165) is 11.3 Å². The first-order valence-corrected chi connectivity index (χ1v) is 9.19. The number of carbonyl (C=O) groups excluding carboxylic acids is 2. The number of rotatable bonds is 9. The predicted octanol–water partition coefficient (Wildman–Crippen LogP) is 0.0638. The zero-order chi connectivity index (χ0) is 20.5. The maximum atomic E-state index is 12.2. The van der Waals surface area contributed by atoms with Gasteiger partial charge < -0.3 is 30.1 Å². The second kappa shape index (κ2) is 10.8. The van der Waals surface area contributed by atoms with E-state index in [4.69, 9.17) is 9.47 Å². The summed E-state index contributed by atoms with van der Waals surface area (Å²) in [6, 6.07) is 7.03. The number of nitrogens with zero attached hydrogens (tertiary/aromatic N) is 1. The van der Waals surface area contributed by atoms with Crippen LogP contribution in [0.3, 0.4) is 0 Å². The van der Waals surface area contributed by atoms with Crippen molar-refractivity contribution < 1.29 is 24.2 Å². The number of aliphatic hydroxyl groups excluding tert-OH is 1. The summed E-state index contributed by atoms with van der Waals surface area (Å²) >= 11 is 0. The molecule has 1 aliphatic heterocycles. The van der Waals surface area contributed by atoms with Crippen molar-refractivity contribution in [1.29, 1.82) is 0 Å². The van der Waals surface area contributed by atoms with Gasteiger partial charge in [-0.15, -0.1) is 0 Å². The van der Waals surface area contributed by atoms with Gasteiger partial charge in [0, 0.05) is 6.54 Å². The van der Waals surface area contributed by atoms with Crippen molar-refractivity contribution in [3.05, 3.63) is 42.0 Å². The van der Waals surface area contributed by atoms with Crippen LogP contribution in [-0.2, 0) is 20.9 Å². The Morgan fingerprint density at radius 2 is 1.89 bits per heavy atom. The van der Waals surface area contributed by atoms with Crippen molar-refractivity contribution in [2.45, 2.75) is 31.2 Å². The molecule has 8 nitrogen and oxygen atoms in total. The van der Waals surface area contributed by atoms with E-state index < -0.39 is 18.2 Å². The van der Waals surface area contributed by atoms with Gasteiger partial charge in [0.15, 0.2) is 0 Å². The predicted molar refractivity (Wildman–Crippen MR) is 105 cm³/mol. The molecule has 0 radical (unpaired) electrons. The fraction of sp³-hybridized carbons (Fsp3) is 0.500. The van der Waals surface area contributed by atoms with Crippen LogP contribution in [0.15, 0.2) is 36.4 Å². The standard InChI is InChI=1S/C20H29N3O5/c1-23(2)12-20(26)22-17-9-8-16(28-18(17)13-24)10-19(25)21-11-14-4-6-15(27-3)7-5-14/h4-9,16-18,24H,10-13H2,1-3H3,(H,21,25)(H,22,26)/t16-,17-,18-/m1/s1. The molecule has 0 saturated heterocycles. The lowest BCUT2D eigenvalue weighted by molar-refractivity contribution is -0.128. The minimum absolute atomic E-state index is 0.140. The second-order valence-electron chi connectivity index (χ2n) is 6.94. The minimum atomic E-state index is -0.587. The number of methoxy groups -OCH3 is 1. The minimum Gasteiger partial charge on any atom is -0.497 e. The van der Waals surface area contributed by atoms with Crippen LogP contribution >= 0.6 is 0 Å². The molecule has 1 aromatic carbocycles. The Labute approximate surface area is 165 Å². The van der Waals surface area contributed by atoms with Gasteiger partial charge in [0.1, 0.15) is 11.9 Å². The molecule has 0 aliphatic carbocycles. The number of likely N-dealkylation sites (N-methyl/N-ethyl adjacent to an activating group) is 1. The summed E-state index contributed by atoms with van der Waals surface area (Å²) in [6.45, 7) is 0.410. The van der Waals surface area contributed by atoms with Crippen LogP contribution in [0.4, 0.5) is 0 Å². The first-order valence-electron chi connectivity index (χ1n) is 9.19. The van der Waals surface area contributed by atoms with E-state index in [1.54, 1.807) is 38.3 Å². The van der Waals surface area contributed by atoms with Gasteiger partial charge in [0.2, 0.25) is 11.8 Å². The Balaban J connectivity index is 1.82. The second-order valence-corrected chi connectivity index (χ2v) is 6.94. The molecule has 28 heavy (non-hydrogen) atoms. The molecule has 3 N–H and O–H groups in total. The van der Waals surface area contributed by atoms with Gasteiger partial charge in [-0.2, -0.15) is 0 Å². The molecule has 2 rings (SSSR count). The van der Waals surface area contributed by atoms with E-state index in [2.05, 4.69) is 10.6 Å². The molecule has 1 aromatic rings. The fourth-order valence-corrected chi connectivity index (χ4v) is 2.85. The quantitative estimate of drug-likeness (QED) is 0.515. The molecule has 0 saturated carbocycles. The van der Waals surface area contributed by atoms with Crippen LogP contribution < -0.4 is 15.4 Å². The van der Waals surface area contributed by atoms with E-state index in [9.17, 15) is 14.7 Å². The van der Waals surface area contributed by atoms with Crippen molar-refractivity contribution in [1.82, 2.24) is 15.5 Å². The van der Waals surface area contributed by atoms with Gasteiger partial charge in [0.25, 0.3) is 0 Å². The van der Waals surface area contributed by atoms with E-state index in [1.807, 2.05) is 24.3 Å². The number of amides is 2. The Bertz CT molecular complexity index is 675. The highest BCUT2D eigenvalue weighted by Crippen LogP contribution is 2.16. The highest BCUT2D eigenvalue weighted by atomic mass is 16.5. The summed E-state index contributed by atoms with van der Waals surface area (Å²) in [7, 11) is 5.21. The van der Waals surface area contributed by atoms with Crippen LogP contribution in [0.2, 0.25) is 0 Å². The molecular formula is C20H29N3O5. The maximum absolute atomic E-state index is 12.2. The summed E-state index contributed by atoms with van der Waals surface area (Å²) in [5.41, 5.74) is 0.964. The molecule has 0 spiro atoms. The maximum Gasteiger partial charge on any atom is 0.234 e. The average molecular weight is 391 g/mol. The molecule has 0 unspecified atom stereocenters. The Morgan fingerprint density at radius 1 is 1.18 bits per heavy atom. The molecule has 8 heteroatoms. The summed E-state index contributed by atoms with van der Waals surface area (Å²) in [5, 5.41) is 15.2. The molecule has 1 heterocycles. The molecule has 0 bridgehead atoms. The van der Waals surface area contributed by atoms with Gasteiger partial charge in [-0.05, 0) is 31.8 Å². The van der Waals surface area contributed by atoms with Gasteiger partial charge in [-0.25, -0.2) is 0 Å². The van der Waals surface area contributed by atoms with E-state index >= 15 is 0 Å². The summed E-state index contributed by atoms with van der Waals surface area (Å²) in [6.07, 6.45) is 2.63. The third-order valence-electron chi connectivity index (χ3n) is 4.29. The van der Waals surface area contributed by atoms with Crippen LogP contribution in [0.25, 0.3) is 0 Å². The average Bonchev–Trinajstić information content (AvgIpc) is 2.67. The van der Waals surface area contributed by atoms with Crippen LogP contribution in [0, 0.1) is 0 Å². The number of hydrogen-bond acceptors (Lipinski definition) is 6. The molecule has 1 aliphatic rings. The van der Waals surface area contributed by atoms with Crippen LogP contribution in [0.1, 0.15) is 12.0 Å². The van der Waals surface area contributed by atoms with Crippen molar-refractivity contribution in [2.75, 3.05) is 34.4 Å². The highest BCUT2D eigenvalue weighted by molar-refractivity contribution is 5.79. The number of hydrogen-bond donors (Lipinski definition) is 3. The topological polar surface area (TPSA) is 100 Å². The smallest absolute Gasteiger partial charge is 0.234 e. The molecule has 154 valence electrons. The van der Waals surface area contributed by atoms with Crippen LogP contribution in [-0.4, -0.2) is 74.4 Å². The van der Waals surface area contributed by atoms with Crippen molar-refractivity contribution >= 4 is 11.8 Å². The third-order valence-corrected chi connectivity index (χ3v) is 4.29. The zero-order valence-electron chi connectivity index (χ0n) is 16.6. The summed E-state index contributed by atoms with van der Waals surface area (Å²) < 4.78 is 10.9. The Hall–Kier alpha value is -2.42. The lowest BCUT2D eigenvalue weighted by atomic mass is 10.0. The van der Waals surface area contributed by atoms with Gasteiger partial charge in [-0.1, -0.05) is 24.3 Å². The number of benzene rings is 1. The molecule has 0 aromatic heterocycles. The number of carbonyl (C=O) groups is 2. The van der Waals surface area contributed by atoms with Gasteiger partial charge in [0.05, 0.1) is 38.8 Å². The lowest BCUT2D eigenvalue weighted by Crippen LogP contribution is -2.50. The fourth-order valence-electron chi connectivity index (χ4n) is 2.85. The number of aliphatic hydroxyl groups is 1. The Kier molecular flexibility index (Phi) is 8.43. The SMILES string of the molecule is COc1ccc(CNC(=O)C[C@H]2C=C[C@@H](NC(=O)CN(C)C)[C@@H](CO)O2)cc1. The van der Waals surface area contributed by atoms with Crippen LogP contribution in [0.5, 0.6) is 5.75 Å². The Morgan fingerprint density at radius 3 is 2.50 bits per heavy atom. The van der Waals surface area contributed by atoms with Gasteiger partial charge in [-0.3, -0.25) is 9.59 Å². The largest absolute Gasteiger partial charge is 0.497 e. The number of nitrogens with one attached hydrogen (secondary N) is 2. The molecule has 3 atom stereocenters. The summed E-state index contributed by atoms with van der Waals surface area (Å²) in [5.74, 6) is 0.452. The van der Waals surface area contributed by atoms with E-state index in [-0.39, 0.29) is 31.4 Å². The first-order chi connectivity index (χ1) is 13.4. The zero-order valence-corrected chi connectivity index (χ0v) is 16.6. The highest BCUT2D eigenvalue weighted by Gasteiger charge is 2.29. The van der Waals surface area contributed by atoms with Crippen molar-refractivity contribution in [3.8, 4) is 5.75 Å². The first kappa shape index (κ1) is 21.9. The normalized spacial score (nSPS) is 21.4. The van der Waals surface area contributed by atoms with Crippen molar-refractivity contribution in [3.63, 3.8) is 0 Å². The molecule has 2 amide bonds. The van der Waals surface area contributed by atoms with E-state index in [1.165, 1.54) is 0 Å². The van der Waals surface area contributed by atoms with E-state index in [0.29, 0.717) is 6.54 Å². The van der Waals surface area contributed by atoms with Gasteiger partial charge >= 0.3 is 0 Å². The van der Waals surface area contributed by atoms with Crippen molar-refractivity contribution in [2.24, 2.45) is 0 Å². The third kappa shape index (κ3) is 6.95. The lowest BCUT2D eigenvalue weighted by Gasteiger charge is -2.32. The monoisotopic (exact) mass is 391 g/mol. The number of ether oxygens (including phenoxy) is 2. The summed E-state index contributed by atoms with van der Waals surface area (Å²) in [4.78, 5) is 25.9. The molecular weight excluding hydrogens is 362 g/mol. The molecule has 0 fully saturated rings.